The van der Waals surface area contributed by atoms with Crippen molar-refractivity contribution in [2.45, 2.75) is 19.9 Å². The molecule has 0 fully saturated rings. The van der Waals surface area contributed by atoms with Crippen molar-refractivity contribution < 1.29 is 9.26 Å². The molecule has 2 N–H and O–H groups in total. The van der Waals surface area contributed by atoms with Crippen molar-refractivity contribution in [3.63, 3.8) is 0 Å². The van der Waals surface area contributed by atoms with Crippen LogP contribution in [-0.4, -0.2) is 37.9 Å². The van der Waals surface area contributed by atoms with Gasteiger partial charge in [0, 0.05) is 32.9 Å². The first-order chi connectivity index (χ1) is 8.36. The fraction of sp³-hybridized carbons (Fsp3) is 0.636. The third-order valence-corrected chi connectivity index (χ3v) is 2.05. The molecule has 1 rings (SSSR count). The third-order valence-electron chi connectivity index (χ3n) is 2.05. The molecule has 6 nitrogen and oxygen atoms in total. The number of nitrogens with zero attached hydrogens (tertiary/aromatic N) is 2. The second-order valence-corrected chi connectivity index (χ2v) is 3.46. The molecule has 0 saturated heterocycles. The highest BCUT2D eigenvalue weighted by Crippen LogP contribution is 1.95. The molecule has 0 bridgehead atoms. The van der Waals surface area contributed by atoms with Crippen LogP contribution in [0.2, 0.25) is 0 Å². The Hall–Kier alpha value is -1.56. The van der Waals surface area contributed by atoms with Crippen molar-refractivity contribution in [1.29, 1.82) is 0 Å². The maximum absolute atomic E-state index is 4.98. The number of guanidine groups is 1. The van der Waals surface area contributed by atoms with E-state index in [1.807, 2.05) is 6.92 Å². The summed E-state index contributed by atoms with van der Waals surface area (Å²) in [5.74, 6) is 0.784. The lowest BCUT2D eigenvalue weighted by atomic mass is 10.4. The van der Waals surface area contributed by atoms with Crippen molar-refractivity contribution in [2.75, 3.05) is 26.8 Å². The molecule has 1 aromatic rings. The van der Waals surface area contributed by atoms with Gasteiger partial charge in [0.1, 0.15) is 12.0 Å². The molecular weight excluding hydrogens is 220 g/mol. The summed E-state index contributed by atoms with van der Waals surface area (Å²) in [6.07, 6.45) is 2.49. The van der Waals surface area contributed by atoms with E-state index < -0.39 is 0 Å². The molecule has 0 aromatic carbocycles. The molecule has 0 amide bonds. The Morgan fingerprint density at radius 3 is 3.06 bits per heavy atom. The summed E-state index contributed by atoms with van der Waals surface area (Å²) in [7, 11) is 1.70. The largest absolute Gasteiger partial charge is 0.385 e. The Bertz CT molecular complexity index is 311. The minimum Gasteiger partial charge on any atom is -0.385 e. The summed E-state index contributed by atoms with van der Waals surface area (Å²) in [4.78, 5) is 4.38. The van der Waals surface area contributed by atoms with E-state index in [0.29, 0.717) is 6.54 Å². The molecule has 1 aromatic heterocycles. The maximum Gasteiger partial charge on any atom is 0.191 e. The van der Waals surface area contributed by atoms with Crippen molar-refractivity contribution in [1.82, 2.24) is 15.8 Å². The molecule has 0 radical (unpaired) electrons. The SMILES string of the molecule is CCNC(=NCc1ccon1)NCCCOC. The van der Waals surface area contributed by atoms with E-state index >= 15 is 0 Å². The molecule has 0 spiro atoms. The highest BCUT2D eigenvalue weighted by atomic mass is 16.5. The van der Waals surface area contributed by atoms with Gasteiger partial charge in [-0.2, -0.15) is 0 Å². The van der Waals surface area contributed by atoms with E-state index in [2.05, 4.69) is 20.8 Å². The fourth-order valence-electron chi connectivity index (χ4n) is 1.24. The first-order valence-electron chi connectivity index (χ1n) is 5.77. The predicted molar refractivity (Wildman–Crippen MR) is 65.8 cm³/mol. The summed E-state index contributed by atoms with van der Waals surface area (Å²) in [6, 6.07) is 1.80. The standard InChI is InChI=1S/C11H20N4O2/c1-3-12-11(13-6-4-7-16-2)14-9-10-5-8-17-15-10/h5,8H,3-4,6-7,9H2,1-2H3,(H2,12,13,14). The molecule has 1 heterocycles. The number of hydrogen-bond donors (Lipinski definition) is 2. The summed E-state index contributed by atoms with van der Waals surface area (Å²) in [5, 5.41) is 10.2. The van der Waals surface area contributed by atoms with E-state index in [1.165, 1.54) is 0 Å². The number of ether oxygens (including phenoxy) is 1. The topological polar surface area (TPSA) is 71.7 Å². The minimum absolute atomic E-state index is 0.510. The average Bonchev–Trinajstić information content (AvgIpc) is 2.84. The van der Waals surface area contributed by atoms with Gasteiger partial charge in [-0.25, -0.2) is 4.99 Å². The molecule has 0 aliphatic heterocycles. The fourth-order valence-corrected chi connectivity index (χ4v) is 1.24. The summed E-state index contributed by atoms with van der Waals surface area (Å²) in [5.41, 5.74) is 0.819. The molecule has 0 unspecified atom stereocenters. The Morgan fingerprint density at radius 1 is 1.53 bits per heavy atom. The van der Waals surface area contributed by atoms with Crippen molar-refractivity contribution >= 4 is 5.96 Å². The van der Waals surface area contributed by atoms with Gasteiger partial charge in [0.15, 0.2) is 5.96 Å². The van der Waals surface area contributed by atoms with Crippen LogP contribution in [-0.2, 0) is 11.3 Å². The van der Waals surface area contributed by atoms with E-state index in [9.17, 15) is 0 Å². The van der Waals surface area contributed by atoms with E-state index in [-0.39, 0.29) is 0 Å². The number of aromatic nitrogens is 1. The van der Waals surface area contributed by atoms with E-state index in [1.54, 1.807) is 19.4 Å². The first-order valence-corrected chi connectivity index (χ1v) is 5.77. The van der Waals surface area contributed by atoms with Gasteiger partial charge in [-0.1, -0.05) is 5.16 Å². The third kappa shape index (κ3) is 5.91. The van der Waals surface area contributed by atoms with Crippen LogP contribution in [0.15, 0.2) is 21.8 Å². The zero-order valence-electron chi connectivity index (χ0n) is 10.4. The smallest absolute Gasteiger partial charge is 0.191 e. The predicted octanol–water partition coefficient (Wildman–Crippen LogP) is 0.766. The minimum atomic E-state index is 0.510. The number of methoxy groups -OCH3 is 1. The summed E-state index contributed by atoms with van der Waals surface area (Å²) in [6.45, 7) is 4.95. The van der Waals surface area contributed by atoms with Crippen LogP contribution in [0.1, 0.15) is 19.0 Å². The van der Waals surface area contributed by atoms with E-state index in [4.69, 9.17) is 9.26 Å². The van der Waals surface area contributed by atoms with Crippen LogP contribution >= 0.6 is 0 Å². The van der Waals surface area contributed by atoms with Crippen LogP contribution in [0.4, 0.5) is 0 Å². The van der Waals surface area contributed by atoms with Crippen molar-refractivity contribution in [3.05, 3.63) is 18.0 Å². The maximum atomic E-state index is 4.98. The van der Waals surface area contributed by atoms with E-state index in [0.717, 1.165) is 37.8 Å². The Morgan fingerprint density at radius 2 is 2.41 bits per heavy atom. The van der Waals surface area contributed by atoms with Gasteiger partial charge in [0.2, 0.25) is 0 Å². The number of hydrogen-bond acceptors (Lipinski definition) is 4. The van der Waals surface area contributed by atoms with Crippen molar-refractivity contribution in [2.24, 2.45) is 4.99 Å². The van der Waals surface area contributed by atoms with Crippen LogP contribution in [0.25, 0.3) is 0 Å². The normalized spacial score (nSPS) is 11.5. The summed E-state index contributed by atoms with van der Waals surface area (Å²) < 4.78 is 9.72. The highest BCUT2D eigenvalue weighted by molar-refractivity contribution is 5.79. The van der Waals surface area contributed by atoms with Crippen LogP contribution in [0.5, 0.6) is 0 Å². The summed E-state index contributed by atoms with van der Waals surface area (Å²) >= 11 is 0. The Labute approximate surface area is 101 Å². The zero-order valence-corrected chi connectivity index (χ0v) is 10.4. The van der Waals surface area contributed by atoms with Gasteiger partial charge in [0.25, 0.3) is 0 Å². The molecule has 96 valence electrons. The second-order valence-electron chi connectivity index (χ2n) is 3.46. The number of nitrogens with one attached hydrogen (secondary N) is 2. The van der Waals surface area contributed by atoms with Gasteiger partial charge < -0.3 is 19.9 Å². The van der Waals surface area contributed by atoms with Crippen LogP contribution in [0.3, 0.4) is 0 Å². The molecule has 17 heavy (non-hydrogen) atoms. The van der Waals surface area contributed by atoms with Gasteiger partial charge in [0.05, 0.1) is 6.54 Å². The lowest BCUT2D eigenvalue weighted by Gasteiger charge is -2.10. The Balaban J connectivity index is 2.33. The monoisotopic (exact) mass is 240 g/mol. The molecule has 0 atom stereocenters. The number of aliphatic imine (C=N–C) groups is 1. The zero-order chi connectivity index (χ0) is 12.3. The van der Waals surface area contributed by atoms with Gasteiger partial charge >= 0.3 is 0 Å². The second kappa shape index (κ2) is 8.58. The highest BCUT2D eigenvalue weighted by Gasteiger charge is 1.98. The molecular formula is C11H20N4O2. The molecule has 6 heteroatoms. The van der Waals surface area contributed by atoms with Gasteiger partial charge in [-0.3, -0.25) is 0 Å². The van der Waals surface area contributed by atoms with Gasteiger partial charge in [-0.05, 0) is 13.3 Å². The lowest BCUT2D eigenvalue weighted by molar-refractivity contribution is 0.195. The van der Waals surface area contributed by atoms with Gasteiger partial charge in [-0.15, -0.1) is 0 Å². The van der Waals surface area contributed by atoms with Crippen LogP contribution in [0, 0.1) is 0 Å². The number of rotatable bonds is 7. The van der Waals surface area contributed by atoms with Crippen molar-refractivity contribution in [3.8, 4) is 0 Å². The quantitative estimate of drug-likeness (QED) is 0.418. The Kier molecular flexibility index (Phi) is 6.81. The lowest BCUT2D eigenvalue weighted by Crippen LogP contribution is -2.38. The van der Waals surface area contributed by atoms with Crippen LogP contribution < -0.4 is 10.6 Å². The molecule has 0 aliphatic carbocycles. The molecule has 0 saturated carbocycles. The average molecular weight is 240 g/mol. The molecule has 0 aliphatic rings. The first kappa shape index (κ1) is 13.5.